The number of nitrogens with one attached hydrogen (secondary N) is 1. The van der Waals surface area contributed by atoms with E-state index in [9.17, 15) is 14.7 Å². The summed E-state index contributed by atoms with van der Waals surface area (Å²) in [6.45, 7) is 2.10. The van der Waals surface area contributed by atoms with Gasteiger partial charge in [-0.1, -0.05) is 36.8 Å². The number of carboxylic acid groups (broad SMARTS) is 1. The molecule has 1 aromatic rings. The van der Waals surface area contributed by atoms with Gasteiger partial charge in [0.2, 0.25) is 5.91 Å². The van der Waals surface area contributed by atoms with Crippen molar-refractivity contribution in [3.05, 3.63) is 53.1 Å². The Bertz CT molecular complexity index is 1030. The molecular weight excluding hydrogens is 418 g/mol. The summed E-state index contributed by atoms with van der Waals surface area (Å²) in [5.74, 6) is 0.956. The first-order valence-electron chi connectivity index (χ1n) is 12.1. The normalized spacial score (nSPS) is 24.4. The number of hydrogen-bond acceptors (Lipinski definition) is 5. The minimum Gasteiger partial charge on any atom is -0.493 e. The number of carboxylic acids is 1. The lowest BCUT2D eigenvalue weighted by atomic mass is 9.96. The predicted octanol–water partition coefficient (Wildman–Crippen LogP) is 3.41. The van der Waals surface area contributed by atoms with Crippen LogP contribution in [-0.4, -0.2) is 53.5 Å². The van der Waals surface area contributed by atoms with Crippen LogP contribution >= 0.6 is 0 Å². The Morgan fingerprint density at radius 2 is 2.24 bits per heavy atom. The van der Waals surface area contributed by atoms with E-state index in [4.69, 9.17) is 4.74 Å². The second kappa shape index (κ2) is 9.41. The lowest BCUT2D eigenvalue weighted by Crippen LogP contribution is -2.38. The van der Waals surface area contributed by atoms with Crippen molar-refractivity contribution >= 4 is 17.7 Å². The van der Waals surface area contributed by atoms with Crippen molar-refractivity contribution in [2.75, 3.05) is 19.7 Å². The third-order valence-corrected chi connectivity index (χ3v) is 7.13. The molecule has 5 rings (SSSR count). The lowest BCUT2D eigenvalue weighted by Gasteiger charge is -2.28. The molecule has 4 aliphatic rings. The number of hydrogen-bond donors (Lipinski definition) is 2. The second-order valence-corrected chi connectivity index (χ2v) is 9.32. The number of fused-ring (bicyclic) bond motifs is 2. The molecule has 3 atom stereocenters. The second-order valence-electron chi connectivity index (χ2n) is 9.32. The van der Waals surface area contributed by atoms with Crippen molar-refractivity contribution in [2.24, 2.45) is 10.9 Å². The highest BCUT2D eigenvalue weighted by molar-refractivity contribution is 6.02. The van der Waals surface area contributed by atoms with E-state index in [0.29, 0.717) is 13.2 Å². The van der Waals surface area contributed by atoms with Gasteiger partial charge in [-0.15, -0.1) is 0 Å². The fraction of sp³-hybridized carbons (Fsp3) is 0.500. The van der Waals surface area contributed by atoms with E-state index in [-0.39, 0.29) is 24.3 Å². The molecule has 1 aromatic carbocycles. The van der Waals surface area contributed by atoms with E-state index in [2.05, 4.69) is 28.5 Å². The number of aliphatic carboxylic acids is 1. The number of rotatable bonds is 8. The summed E-state index contributed by atoms with van der Waals surface area (Å²) < 4.78 is 5.67. The zero-order chi connectivity index (χ0) is 22.8. The van der Waals surface area contributed by atoms with Crippen molar-refractivity contribution in [3.8, 4) is 5.75 Å². The van der Waals surface area contributed by atoms with Gasteiger partial charge < -0.3 is 20.1 Å². The maximum Gasteiger partial charge on any atom is 0.305 e. The van der Waals surface area contributed by atoms with Gasteiger partial charge in [-0.3, -0.25) is 14.6 Å². The predicted molar refractivity (Wildman–Crippen MR) is 125 cm³/mol. The summed E-state index contributed by atoms with van der Waals surface area (Å²) in [4.78, 5) is 31.2. The third kappa shape index (κ3) is 4.68. The summed E-state index contributed by atoms with van der Waals surface area (Å²) >= 11 is 0. The van der Waals surface area contributed by atoms with E-state index >= 15 is 0 Å². The Morgan fingerprint density at radius 1 is 1.33 bits per heavy atom. The Kier molecular flexibility index (Phi) is 6.20. The van der Waals surface area contributed by atoms with Crippen molar-refractivity contribution in [2.45, 2.75) is 57.0 Å². The van der Waals surface area contributed by atoms with Crippen LogP contribution in [0.25, 0.3) is 0 Å². The molecule has 0 aromatic heterocycles. The monoisotopic (exact) mass is 449 g/mol. The Labute approximate surface area is 194 Å². The Hall–Kier alpha value is -3.09. The lowest BCUT2D eigenvalue weighted by molar-refractivity contribution is -0.140. The van der Waals surface area contributed by atoms with Crippen molar-refractivity contribution in [1.29, 1.82) is 0 Å². The van der Waals surface area contributed by atoms with E-state index in [0.717, 1.165) is 67.8 Å². The highest BCUT2D eigenvalue weighted by Crippen LogP contribution is 2.36. The fourth-order valence-corrected chi connectivity index (χ4v) is 5.36. The van der Waals surface area contributed by atoms with Gasteiger partial charge in [0.15, 0.2) is 0 Å². The molecule has 0 bridgehead atoms. The van der Waals surface area contributed by atoms with Crippen LogP contribution in [-0.2, 0) is 16.0 Å². The van der Waals surface area contributed by atoms with Crippen molar-refractivity contribution in [1.82, 2.24) is 10.2 Å². The zero-order valence-corrected chi connectivity index (χ0v) is 18.8. The van der Waals surface area contributed by atoms with E-state index < -0.39 is 12.0 Å². The standard InChI is InChI=1S/C26H31N3O4/c30-24(31)16-22(20-7-6-17-11-14-33-23(17)15-20)29-13-10-19(26(29)32)3-1-5-21-9-8-18-4-2-12-27-25(18)28-21/h4,6-9,15,19,21-22H,1-3,5,10-14,16H2,(H,27,28)(H,30,31)/t19?,21-,22?/m1/s1. The molecule has 0 saturated carbocycles. The average Bonchev–Trinajstić information content (AvgIpc) is 3.43. The number of aliphatic imine (C=N–C) groups is 1. The first-order valence-corrected chi connectivity index (χ1v) is 12.1. The molecule has 1 fully saturated rings. The number of ether oxygens (including phenoxy) is 1. The molecule has 0 radical (unpaired) electrons. The molecule has 2 unspecified atom stereocenters. The molecule has 33 heavy (non-hydrogen) atoms. The zero-order valence-electron chi connectivity index (χ0n) is 18.8. The smallest absolute Gasteiger partial charge is 0.305 e. The Morgan fingerprint density at radius 3 is 3.12 bits per heavy atom. The van der Waals surface area contributed by atoms with Gasteiger partial charge in [0, 0.05) is 37.0 Å². The molecular formula is C26H31N3O4. The van der Waals surface area contributed by atoms with Crippen LogP contribution in [0.15, 0.2) is 47.0 Å². The number of dihydropyridines is 1. The van der Waals surface area contributed by atoms with E-state index in [1.165, 1.54) is 5.57 Å². The van der Waals surface area contributed by atoms with Crippen LogP contribution in [0.3, 0.4) is 0 Å². The summed E-state index contributed by atoms with van der Waals surface area (Å²) in [6, 6.07) is 5.69. The number of nitrogens with zero attached hydrogens (tertiary/aromatic N) is 2. The quantitative estimate of drug-likeness (QED) is 0.635. The molecule has 174 valence electrons. The van der Waals surface area contributed by atoms with Crippen LogP contribution in [0.2, 0.25) is 0 Å². The molecule has 1 amide bonds. The number of amides is 1. The number of benzene rings is 1. The van der Waals surface area contributed by atoms with Crippen LogP contribution in [0, 0.1) is 5.92 Å². The summed E-state index contributed by atoms with van der Waals surface area (Å²) in [7, 11) is 0. The van der Waals surface area contributed by atoms with Crippen molar-refractivity contribution in [3.63, 3.8) is 0 Å². The van der Waals surface area contributed by atoms with E-state index in [1.54, 1.807) is 4.90 Å². The van der Waals surface area contributed by atoms with Gasteiger partial charge in [0.1, 0.15) is 11.6 Å². The summed E-state index contributed by atoms with van der Waals surface area (Å²) in [5, 5.41) is 13.0. The largest absolute Gasteiger partial charge is 0.493 e. The first kappa shape index (κ1) is 21.7. The fourth-order valence-electron chi connectivity index (χ4n) is 5.36. The summed E-state index contributed by atoms with van der Waals surface area (Å²) in [5.41, 5.74) is 3.17. The number of likely N-dealkylation sites (tertiary alicyclic amines) is 1. The number of carbonyl (C=O) groups excluding carboxylic acids is 1. The molecule has 4 heterocycles. The minimum atomic E-state index is -0.896. The topological polar surface area (TPSA) is 91.2 Å². The van der Waals surface area contributed by atoms with Gasteiger partial charge in [0.25, 0.3) is 0 Å². The molecule has 0 spiro atoms. The third-order valence-electron chi connectivity index (χ3n) is 7.13. The summed E-state index contributed by atoms with van der Waals surface area (Å²) in [6.07, 6.45) is 11.8. The average molecular weight is 450 g/mol. The van der Waals surface area contributed by atoms with Gasteiger partial charge in [-0.25, -0.2) is 0 Å². The Balaban J connectivity index is 1.20. The van der Waals surface area contributed by atoms with Crippen LogP contribution in [0.5, 0.6) is 5.75 Å². The van der Waals surface area contributed by atoms with Crippen LogP contribution < -0.4 is 10.1 Å². The maximum atomic E-state index is 13.3. The minimum absolute atomic E-state index is 0.0398. The molecule has 7 nitrogen and oxygen atoms in total. The van der Waals surface area contributed by atoms with Crippen LogP contribution in [0.4, 0.5) is 0 Å². The molecule has 0 aliphatic carbocycles. The molecule has 1 saturated heterocycles. The molecule has 7 heteroatoms. The van der Waals surface area contributed by atoms with Gasteiger partial charge >= 0.3 is 5.97 Å². The number of carbonyl (C=O) groups is 2. The highest BCUT2D eigenvalue weighted by Gasteiger charge is 2.37. The maximum absolute atomic E-state index is 13.3. The highest BCUT2D eigenvalue weighted by atomic mass is 16.5. The van der Waals surface area contributed by atoms with Gasteiger partial charge in [-0.2, -0.15) is 0 Å². The molecule has 4 aliphatic heterocycles. The number of amidine groups is 1. The SMILES string of the molecule is O=C(O)CC(c1ccc2c(c1)OCC2)N1CCC(CCC[C@@H]2C=CC3=CCCN=C3N2)C1=O. The van der Waals surface area contributed by atoms with Crippen molar-refractivity contribution < 1.29 is 19.4 Å². The van der Waals surface area contributed by atoms with Gasteiger partial charge in [-0.05, 0) is 42.9 Å². The molecule has 2 N–H and O–H groups in total. The van der Waals surface area contributed by atoms with Crippen LogP contribution in [0.1, 0.15) is 55.7 Å². The first-order chi connectivity index (χ1) is 16.1. The van der Waals surface area contributed by atoms with E-state index in [1.807, 2.05) is 18.2 Å². The van der Waals surface area contributed by atoms with Gasteiger partial charge in [0.05, 0.1) is 19.1 Å².